The smallest absolute Gasteiger partial charge is 0.0540 e. The van der Waals surface area contributed by atoms with E-state index in [1.807, 2.05) is 0 Å². The Morgan fingerprint density at radius 2 is 0.600 bits per heavy atom. The highest BCUT2D eigenvalue weighted by Crippen LogP contribution is 2.45. The molecule has 0 atom stereocenters. The SMILES string of the molecule is c1ccc(-c2ccc(N(c3ccccc3)c3cccc4cc5ccccc5cc34)cc2-c2ccc(N(c3ccccc3)c3cccc4cc5ccccc5cc34)cc2)cc1. The molecule has 60 heavy (non-hydrogen) atoms. The summed E-state index contributed by atoms with van der Waals surface area (Å²) in [7, 11) is 0. The van der Waals surface area contributed by atoms with Gasteiger partial charge in [0.2, 0.25) is 0 Å². The van der Waals surface area contributed by atoms with Gasteiger partial charge in [-0.1, -0.05) is 158 Å². The first-order valence-corrected chi connectivity index (χ1v) is 20.6. The number of nitrogens with zero attached hydrogens (tertiary/aromatic N) is 2. The van der Waals surface area contributed by atoms with E-state index in [1.165, 1.54) is 59.8 Å². The van der Waals surface area contributed by atoms with Crippen LogP contribution >= 0.6 is 0 Å². The van der Waals surface area contributed by atoms with Crippen molar-refractivity contribution in [3.05, 3.63) is 243 Å². The molecule has 0 fully saturated rings. The lowest BCUT2D eigenvalue weighted by Gasteiger charge is -2.28. The minimum Gasteiger partial charge on any atom is -0.310 e. The van der Waals surface area contributed by atoms with Crippen LogP contribution in [0.2, 0.25) is 0 Å². The molecule has 0 amide bonds. The van der Waals surface area contributed by atoms with Gasteiger partial charge in [0.15, 0.2) is 0 Å². The molecule has 0 aromatic heterocycles. The Kier molecular flexibility index (Phi) is 8.87. The third kappa shape index (κ3) is 6.41. The predicted molar refractivity (Wildman–Crippen MR) is 257 cm³/mol. The summed E-state index contributed by atoms with van der Waals surface area (Å²) >= 11 is 0. The van der Waals surface area contributed by atoms with Crippen LogP contribution in [-0.2, 0) is 0 Å². The topological polar surface area (TPSA) is 6.48 Å². The average Bonchev–Trinajstić information content (AvgIpc) is 3.32. The normalized spacial score (nSPS) is 11.3. The molecule has 11 rings (SSSR count). The standard InChI is InChI=1S/C58H40N2/c1-4-16-41(17-5-1)53-35-34-52(60(50-26-8-3-9-27-50)58-29-15-23-48-37-44-19-11-13-21-46(44)39-56(48)58)40-54(53)42-30-32-51(33-31-42)59(49-24-6-2-7-25-49)57-28-14-22-47-36-43-18-10-12-20-45(43)38-55(47)57/h1-40H. The molecule has 0 saturated carbocycles. The third-order valence-electron chi connectivity index (χ3n) is 11.7. The lowest BCUT2D eigenvalue weighted by Crippen LogP contribution is -2.11. The molecule has 0 unspecified atom stereocenters. The second-order valence-electron chi connectivity index (χ2n) is 15.4. The number of anilines is 6. The van der Waals surface area contributed by atoms with E-state index in [0.29, 0.717) is 0 Å². The van der Waals surface area contributed by atoms with Crippen molar-refractivity contribution >= 4 is 77.2 Å². The zero-order valence-electron chi connectivity index (χ0n) is 33.0. The Labute approximate surface area is 350 Å². The molecule has 0 saturated heterocycles. The molecular formula is C58H40N2. The summed E-state index contributed by atoms with van der Waals surface area (Å²) in [6.45, 7) is 0. The van der Waals surface area contributed by atoms with E-state index in [0.717, 1.165) is 39.7 Å². The summed E-state index contributed by atoms with van der Waals surface area (Å²) in [6.07, 6.45) is 0. The van der Waals surface area contributed by atoms with Gasteiger partial charge in [-0.05, 0) is 140 Å². The molecule has 0 heterocycles. The molecule has 2 heteroatoms. The molecule has 0 bridgehead atoms. The third-order valence-corrected chi connectivity index (χ3v) is 11.7. The zero-order valence-corrected chi connectivity index (χ0v) is 33.0. The van der Waals surface area contributed by atoms with Crippen molar-refractivity contribution < 1.29 is 0 Å². The summed E-state index contributed by atoms with van der Waals surface area (Å²) in [5.41, 5.74) is 11.4. The molecule has 11 aromatic rings. The molecule has 0 aliphatic rings. The second-order valence-corrected chi connectivity index (χ2v) is 15.4. The molecule has 0 spiro atoms. The minimum atomic E-state index is 1.09. The minimum absolute atomic E-state index is 1.09. The molecule has 2 nitrogen and oxygen atoms in total. The summed E-state index contributed by atoms with van der Waals surface area (Å²) < 4.78 is 0. The number of rotatable bonds is 8. The van der Waals surface area contributed by atoms with Gasteiger partial charge >= 0.3 is 0 Å². The van der Waals surface area contributed by atoms with Crippen LogP contribution in [0.5, 0.6) is 0 Å². The van der Waals surface area contributed by atoms with Gasteiger partial charge in [0.25, 0.3) is 0 Å². The van der Waals surface area contributed by atoms with Crippen molar-refractivity contribution in [2.45, 2.75) is 0 Å². The van der Waals surface area contributed by atoms with Crippen molar-refractivity contribution in [3.63, 3.8) is 0 Å². The summed E-state index contributed by atoms with van der Waals surface area (Å²) in [5, 5.41) is 9.80. The lowest BCUT2D eigenvalue weighted by molar-refractivity contribution is 1.29. The molecule has 0 N–H and O–H groups in total. The van der Waals surface area contributed by atoms with E-state index in [1.54, 1.807) is 0 Å². The first-order chi connectivity index (χ1) is 29.7. The molecule has 282 valence electrons. The summed E-state index contributed by atoms with van der Waals surface area (Å²) in [4.78, 5) is 4.79. The van der Waals surface area contributed by atoms with Crippen LogP contribution in [0.4, 0.5) is 34.1 Å². The Morgan fingerprint density at radius 3 is 1.12 bits per heavy atom. The lowest BCUT2D eigenvalue weighted by atomic mass is 9.93. The highest BCUT2D eigenvalue weighted by Gasteiger charge is 2.20. The molecule has 11 aromatic carbocycles. The van der Waals surface area contributed by atoms with Gasteiger partial charge in [0, 0.05) is 33.5 Å². The Balaban J connectivity index is 1.08. The first kappa shape index (κ1) is 35.2. The fourth-order valence-electron chi connectivity index (χ4n) is 8.87. The van der Waals surface area contributed by atoms with Crippen molar-refractivity contribution in [2.75, 3.05) is 9.80 Å². The Bertz CT molecular complexity index is 3300. The van der Waals surface area contributed by atoms with Crippen LogP contribution < -0.4 is 9.80 Å². The monoisotopic (exact) mass is 764 g/mol. The number of benzene rings is 11. The van der Waals surface area contributed by atoms with E-state index < -0.39 is 0 Å². The molecule has 0 aliphatic heterocycles. The largest absolute Gasteiger partial charge is 0.310 e. The van der Waals surface area contributed by atoms with Crippen molar-refractivity contribution in [1.29, 1.82) is 0 Å². The van der Waals surface area contributed by atoms with Crippen LogP contribution in [-0.4, -0.2) is 0 Å². The number of para-hydroxylation sites is 2. The number of hydrogen-bond donors (Lipinski definition) is 0. The highest BCUT2D eigenvalue weighted by molar-refractivity contribution is 6.08. The van der Waals surface area contributed by atoms with Gasteiger partial charge in [-0.2, -0.15) is 0 Å². The van der Waals surface area contributed by atoms with Crippen LogP contribution in [0.25, 0.3) is 65.3 Å². The van der Waals surface area contributed by atoms with E-state index in [9.17, 15) is 0 Å². The second kappa shape index (κ2) is 15.1. The fourth-order valence-corrected chi connectivity index (χ4v) is 8.87. The summed E-state index contributed by atoms with van der Waals surface area (Å²) in [6, 6.07) is 88.0. The van der Waals surface area contributed by atoms with Crippen LogP contribution in [0.3, 0.4) is 0 Å². The molecule has 0 aliphatic carbocycles. The van der Waals surface area contributed by atoms with Crippen LogP contribution in [0.15, 0.2) is 243 Å². The van der Waals surface area contributed by atoms with Crippen LogP contribution in [0.1, 0.15) is 0 Å². The van der Waals surface area contributed by atoms with Gasteiger partial charge in [-0.25, -0.2) is 0 Å². The number of fused-ring (bicyclic) bond motifs is 4. The highest BCUT2D eigenvalue weighted by atomic mass is 15.1. The van der Waals surface area contributed by atoms with Crippen molar-refractivity contribution in [1.82, 2.24) is 0 Å². The maximum Gasteiger partial charge on any atom is 0.0540 e. The van der Waals surface area contributed by atoms with Gasteiger partial charge in [0.1, 0.15) is 0 Å². The van der Waals surface area contributed by atoms with E-state index in [-0.39, 0.29) is 0 Å². The molecular weight excluding hydrogens is 725 g/mol. The summed E-state index contributed by atoms with van der Waals surface area (Å²) in [5.74, 6) is 0. The predicted octanol–water partition coefficient (Wildman–Crippen LogP) is 16.6. The van der Waals surface area contributed by atoms with Crippen molar-refractivity contribution in [3.8, 4) is 22.3 Å². The Morgan fingerprint density at radius 1 is 0.217 bits per heavy atom. The maximum atomic E-state index is 2.41. The van der Waals surface area contributed by atoms with Gasteiger partial charge in [-0.15, -0.1) is 0 Å². The van der Waals surface area contributed by atoms with E-state index >= 15 is 0 Å². The number of hydrogen-bond acceptors (Lipinski definition) is 2. The first-order valence-electron chi connectivity index (χ1n) is 20.6. The fraction of sp³-hybridized carbons (Fsp3) is 0. The molecule has 0 radical (unpaired) electrons. The van der Waals surface area contributed by atoms with Gasteiger partial charge in [0.05, 0.1) is 11.4 Å². The van der Waals surface area contributed by atoms with Gasteiger partial charge < -0.3 is 9.80 Å². The maximum absolute atomic E-state index is 2.41. The zero-order chi connectivity index (χ0) is 39.8. The van der Waals surface area contributed by atoms with E-state index in [4.69, 9.17) is 0 Å². The average molecular weight is 765 g/mol. The van der Waals surface area contributed by atoms with Crippen LogP contribution in [0, 0.1) is 0 Å². The Hall–Kier alpha value is -7.94. The van der Waals surface area contributed by atoms with Gasteiger partial charge in [-0.3, -0.25) is 0 Å². The quantitative estimate of drug-likeness (QED) is 0.142. The van der Waals surface area contributed by atoms with E-state index in [2.05, 4.69) is 252 Å². The van der Waals surface area contributed by atoms with Crippen molar-refractivity contribution in [2.24, 2.45) is 0 Å².